The topological polar surface area (TPSA) is 69.7 Å². The molecular formula is C21H23N3O3. The van der Waals surface area contributed by atoms with Crippen LogP contribution in [0, 0.1) is 6.92 Å². The van der Waals surface area contributed by atoms with Crippen LogP contribution in [-0.2, 0) is 16.9 Å². The van der Waals surface area contributed by atoms with Crippen LogP contribution in [0.3, 0.4) is 0 Å². The number of nitrogens with zero attached hydrogens (tertiary/aromatic N) is 2. The molecule has 1 atom stereocenters. The number of hydrogen-bond acceptors (Lipinski definition) is 3. The summed E-state index contributed by atoms with van der Waals surface area (Å²) in [6, 6.07) is 14.1. The first-order chi connectivity index (χ1) is 12.7. The number of benzene rings is 2. The van der Waals surface area contributed by atoms with Crippen molar-refractivity contribution >= 4 is 17.8 Å². The molecule has 0 radical (unpaired) electrons. The molecule has 6 nitrogen and oxygen atoms in total. The maximum Gasteiger partial charge on any atom is 0.325 e. The van der Waals surface area contributed by atoms with Gasteiger partial charge in [0.15, 0.2) is 0 Å². The fourth-order valence-corrected chi connectivity index (χ4v) is 3.12. The third-order valence-corrected chi connectivity index (χ3v) is 4.85. The first-order valence-corrected chi connectivity index (χ1v) is 8.74. The Labute approximate surface area is 158 Å². The zero-order chi connectivity index (χ0) is 19.8. The van der Waals surface area contributed by atoms with E-state index in [1.54, 1.807) is 45.3 Å². The largest absolute Gasteiger partial charge is 0.345 e. The van der Waals surface area contributed by atoms with Crippen LogP contribution in [0.1, 0.15) is 34.0 Å². The van der Waals surface area contributed by atoms with Crippen molar-refractivity contribution in [3.8, 4) is 0 Å². The predicted octanol–water partition coefficient (Wildman–Crippen LogP) is 2.66. The maximum atomic E-state index is 13.0. The molecule has 1 unspecified atom stereocenters. The highest BCUT2D eigenvalue weighted by Gasteiger charge is 2.48. The SMILES string of the molecule is Cc1ccc(C2(C)NC(=O)N(Cc3ccc(C(=O)N(C)C)cc3)C2=O)cc1. The monoisotopic (exact) mass is 365 g/mol. The Morgan fingerprint density at radius 2 is 1.63 bits per heavy atom. The third-order valence-electron chi connectivity index (χ3n) is 4.85. The average Bonchev–Trinajstić information content (AvgIpc) is 2.86. The second-order valence-corrected chi connectivity index (χ2v) is 7.21. The van der Waals surface area contributed by atoms with Crippen LogP contribution in [-0.4, -0.2) is 41.7 Å². The number of carbonyl (C=O) groups is 3. The summed E-state index contributed by atoms with van der Waals surface area (Å²) in [5, 5.41) is 2.81. The van der Waals surface area contributed by atoms with Gasteiger partial charge in [0.2, 0.25) is 0 Å². The fraction of sp³-hybridized carbons (Fsp3) is 0.286. The maximum absolute atomic E-state index is 13.0. The number of carbonyl (C=O) groups excluding carboxylic acids is 3. The fourth-order valence-electron chi connectivity index (χ4n) is 3.12. The smallest absolute Gasteiger partial charge is 0.325 e. The van der Waals surface area contributed by atoms with Crippen molar-refractivity contribution in [1.82, 2.24) is 15.1 Å². The minimum atomic E-state index is -1.08. The molecule has 1 aliphatic heterocycles. The van der Waals surface area contributed by atoms with Crippen molar-refractivity contribution in [1.29, 1.82) is 0 Å². The molecule has 140 valence electrons. The van der Waals surface area contributed by atoms with Crippen molar-refractivity contribution in [3.05, 3.63) is 70.8 Å². The molecule has 1 aliphatic rings. The number of hydrogen-bond donors (Lipinski definition) is 1. The summed E-state index contributed by atoms with van der Waals surface area (Å²) in [7, 11) is 3.38. The standard InChI is InChI=1S/C21H23N3O3/c1-14-5-11-17(12-6-14)21(2)19(26)24(20(27)22-21)13-15-7-9-16(10-8-15)18(25)23(3)4/h5-12H,13H2,1-4H3,(H,22,27). The molecule has 4 amide bonds. The summed E-state index contributed by atoms with van der Waals surface area (Å²) in [6.45, 7) is 3.84. The lowest BCUT2D eigenvalue weighted by molar-refractivity contribution is -0.131. The Kier molecular flexibility index (Phi) is 4.74. The molecule has 0 aromatic heterocycles. The lowest BCUT2D eigenvalue weighted by Crippen LogP contribution is -2.40. The number of nitrogens with one attached hydrogen (secondary N) is 1. The van der Waals surface area contributed by atoms with Crippen molar-refractivity contribution in [2.24, 2.45) is 0 Å². The Morgan fingerprint density at radius 1 is 1.04 bits per heavy atom. The normalized spacial score (nSPS) is 19.2. The minimum Gasteiger partial charge on any atom is -0.345 e. The molecule has 1 heterocycles. The average molecular weight is 365 g/mol. The van der Waals surface area contributed by atoms with Gasteiger partial charge in [-0.2, -0.15) is 0 Å². The quantitative estimate of drug-likeness (QED) is 0.847. The molecule has 0 bridgehead atoms. The molecular weight excluding hydrogens is 342 g/mol. The Bertz CT molecular complexity index is 888. The van der Waals surface area contributed by atoms with Crippen LogP contribution >= 0.6 is 0 Å². The summed E-state index contributed by atoms with van der Waals surface area (Å²) in [5.41, 5.74) is 2.10. The van der Waals surface area contributed by atoms with Gasteiger partial charge in [-0.3, -0.25) is 14.5 Å². The van der Waals surface area contributed by atoms with Crippen LogP contribution in [0.4, 0.5) is 4.79 Å². The van der Waals surface area contributed by atoms with Crippen molar-refractivity contribution in [2.45, 2.75) is 25.9 Å². The van der Waals surface area contributed by atoms with Crippen molar-refractivity contribution in [2.75, 3.05) is 14.1 Å². The van der Waals surface area contributed by atoms with E-state index < -0.39 is 11.6 Å². The first kappa shape index (κ1) is 18.6. The van der Waals surface area contributed by atoms with Gasteiger partial charge in [0.1, 0.15) is 5.54 Å². The van der Waals surface area contributed by atoms with Gasteiger partial charge in [-0.15, -0.1) is 0 Å². The minimum absolute atomic E-state index is 0.0940. The Balaban J connectivity index is 1.80. The first-order valence-electron chi connectivity index (χ1n) is 8.74. The lowest BCUT2D eigenvalue weighted by atomic mass is 9.91. The Morgan fingerprint density at radius 3 is 2.19 bits per heavy atom. The molecule has 1 N–H and O–H groups in total. The molecule has 0 spiro atoms. The second kappa shape index (κ2) is 6.87. The highest BCUT2D eigenvalue weighted by Crippen LogP contribution is 2.30. The highest BCUT2D eigenvalue weighted by molar-refractivity contribution is 6.07. The van der Waals surface area contributed by atoms with Crippen LogP contribution < -0.4 is 5.32 Å². The van der Waals surface area contributed by atoms with E-state index in [1.807, 2.05) is 31.2 Å². The summed E-state index contributed by atoms with van der Waals surface area (Å²) in [4.78, 5) is 40.1. The molecule has 0 aliphatic carbocycles. The summed E-state index contributed by atoms with van der Waals surface area (Å²) in [6.07, 6.45) is 0. The van der Waals surface area contributed by atoms with Gasteiger partial charge in [0.05, 0.1) is 6.54 Å². The Hall–Kier alpha value is -3.15. The van der Waals surface area contributed by atoms with Crippen molar-refractivity contribution in [3.63, 3.8) is 0 Å². The number of amides is 4. The van der Waals surface area contributed by atoms with E-state index in [-0.39, 0.29) is 18.4 Å². The molecule has 2 aromatic carbocycles. The second-order valence-electron chi connectivity index (χ2n) is 7.21. The van der Waals surface area contributed by atoms with E-state index in [0.717, 1.165) is 16.7 Å². The van der Waals surface area contributed by atoms with E-state index in [0.29, 0.717) is 5.56 Å². The zero-order valence-corrected chi connectivity index (χ0v) is 15.9. The number of urea groups is 1. The van der Waals surface area contributed by atoms with Gasteiger partial charge in [-0.05, 0) is 37.1 Å². The molecule has 0 saturated carbocycles. The molecule has 2 aromatic rings. The highest BCUT2D eigenvalue weighted by atomic mass is 16.2. The van der Waals surface area contributed by atoms with Gasteiger partial charge in [0, 0.05) is 19.7 Å². The summed E-state index contributed by atoms with van der Waals surface area (Å²) < 4.78 is 0. The van der Waals surface area contributed by atoms with Gasteiger partial charge in [0.25, 0.3) is 11.8 Å². The third kappa shape index (κ3) is 3.43. The number of rotatable bonds is 4. The van der Waals surface area contributed by atoms with Gasteiger partial charge in [-0.25, -0.2) is 4.79 Å². The van der Waals surface area contributed by atoms with Crippen LogP contribution in [0.2, 0.25) is 0 Å². The lowest BCUT2D eigenvalue weighted by Gasteiger charge is -2.22. The molecule has 3 rings (SSSR count). The molecule has 27 heavy (non-hydrogen) atoms. The van der Waals surface area contributed by atoms with E-state index in [4.69, 9.17) is 0 Å². The van der Waals surface area contributed by atoms with Gasteiger partial charge < -0.3 is 10.2 Å². The van der Waals surface area contributed by atoms with Crippen molar-refractivity contribution < 1.29 is 14.4 Å². The predicted molar refractivity (Wildman–Crippen MR) is 102 cm³/mol. The number of imide groups is 1. The van der Waals surface area contributed by atoms with E-state index in [1.165, 1.54) is 9.80 Å². The van der Waals surface area contributed by atoms with Gasteiger partial charge >= 0.3 is 6.03 Å². The number of aryl methyl sites for hydroxylation is 1. The summed E-state index contributed by atoms with van der Waals surface area (Å²) >= 11 is 0. The molecule has 1 saturated heterocycles. The molecule has 1 fully saturated rings. The van der Waals surface area contributed by atoms with Crippen LogP contribution in [0.5, 0.6) is 0 Å². The van der Waals surface area contributed by atoms with E-state index in [9.17, 15) is 14.4 Å². The van der Waals surface area contributed by atoms with Crippen LogP contribution in [0.25, 0.3) is 0 Å². The van der Waals surface area contributed by atoms with E-state index in [2.05, 4.69) is 5.32 Å². The zero-order valence-electron chi connectivity index (χ0n) is 15.9. The summed E-state index contributed by atoms with van der Waals surface area (Å²) in [5.74, 6) is -0.381. The molecule has 6 heteroatoms. The van der Waals surface area contributed by atoms with Crippen LogP contribution in [0.15, 0.2) is 48.5 Å². The van der Waals surface area contributed by atoms with Gasteiger partial charge in [-0.1, -0.05) is 42.0 Å². The van der Waals surface area contributed by atoms with E-state index >= 15 is 0 Å².